The lowest BCUT2D eigenvalue weighted by Crippen LogP contribution is -2.41. The molecule has 1 aromatic carbocycles. The first-order valence-corrected chi connectivity index (χ1v) is 8.05. The summed E-state index contributed by atoms with van der Waals surface area (Å²) in [6.07, 6.45) is 1.27. The van der Waals surface area contributed by atoms with Crippen molar-refractivity contribution in [2.75, 3.05) is 12.8 Å². The van der Waals surface area contributed by atoms with Gasteiger partial charge >= 0.3 is 0 Å². The maximum absolute atomic E-state index is 11.5. The summed E-state index contributed by atoms with van der Waals surface area (Å²) in [5, 5.41) is 3.17. The Balaban J connectivity index is 2.51. The van der Waals surface area contributed by atoms with E-state index in [-0.39, 0.29) is 0 Å². The van der Waals surface area contributed by atoms with Gasteiger partial charge in [0.25, 0.3) is 0 Å². The Morgan fingerprint density at radius 2 is 1.76 bits per heavy atom. The van der Waals surface area contributed by atoms with Gasteiger partial charge < -0.3 is 5.32 Å². The third-order valence-electron chi connectivity index (χ3n) is 2.80. The average Bonchev–Trinajstić information content (AvgIpc) is 2.19. The van der Waals surface area contributed by atoms with Crippen LogP contribution in [0, 0.1) is 0 Å². The maximum atomic E-state index is 11.5. The van der Waals surface area contributed by atoms with Crippen LogP contribution in [0.4, 0.5) is 0 Å². The van der Waals surface area contributed by atoms with E-state index in [2.05, 4.69) is 21.2 Å². The van der Waals surface area contributed by atoms with Gasteiger partial charge in [-0.15, -0.1) is 0 Å². The predicted molar refractivity (Wildman–Crippen MR) is 74.8 cm³/mol. The summed E-state index contributed by atoms with van der Waals surface area (Å²) < 4.78 is 23.3. The smallest absolute Gasteiger partial charge is 0.153 e. The van der Waals surface area contributed by atoms with Crippen LogP contribution in [0.5, 0.6) is 0 Å². The fourth-order valence-corrected chi connectivity index (χ4v) is 1.87. The van der Waals surface area contributed by atoms with E-state index in [4.69, 9.17) is 0 Å². The molecule has 96 valence electrons. The number of hydrogen-bond acceptors (Lipinski definition) is 3. The van der Waals surface area contributed by atoms with Crippen molar-refractivity contribution in [2.45, 2.75) is 25.1 Å². The monoisotopic (exact) mass is 319 g/mol. The predicted octanol–water partition coefficient (Wildman–Crippen LogP) is 2.36. The van der Waals surface area contributed by atoms with Gasteiger partial charge in [-0.1, -0.05) is 28.1 Å². The zero-order chi connectivity index (χ0) is 13.1. The second-order valence-electron chi connectivity index (χ2n) is 4.76. The normalized spacial score (nSPS) is 12.7. The molecular weight excluding hydrogens is 302 g/mol. The molecule has 0 aliphatic rings. The molecule has 0 bridgehead atoms. The van der Waals surface area contributed by atoms with Gasteiger partial charge in [-0.05, 0) is 31.5 Å². The number of halogens is 1. The van der Waals surface area contributed by atoms with E-state index in [1.54, 1.807) is 13.8 Å². The van der Waals surface area contributed by atoms with E-state index in [1.807, 2.05) is 24.3 Å². The van der Waals surface area contributed by atoms with Crippen LogP contribution in [-0.2, 0) is 16.4 Å². The highest BCUT2D eigenvalue weighted by molar-refractivity contribution is 9.10. The molecule has 1 rings (SSSR count). The quantitative estimate of drug-likeness (QED) is 0.906. The van der Waals surface area contributed by atoms with Crippen LogP contribution < -0.4 is 5.32 Å². The van der Waals surface area contributed by atoms with E-state index in [9.17, 15) is 8.42 Å². The molecule has 0 aliphatic heterocycles. The van der Waals surface area contributed by atoms with Crippen molar-refractivity contribution in [3.63, 3.8) is 0 Å². The summed E-state index contributed by atoms with van der Waals surface area (Å²) in [4.78, 5) is 0. The zero-order valence-electron chi connectivity index (χ0n) is 10.3. The average molecular weight is 320 g/mol. The summed E-state index contributed by atoms with van der Waals surface area (Å²) in [5.41, 5.74) is 1.14. The molecule has 0 atom stereocenters. The SMILES string of the molecule is CC(C)(CNCc1ccc(Br)cc1)S(C)(=O)=O. The van der Waals surface area contributed by atoms with Crippen LogP contribution in [-0.4, -0.2) is 26.0 Å². The molecule has 0 unspecified atom stereocenters. The van der Waals surface area contributed by atoms with Gasteiger partial charge in [-0.3, -0.25) is 0 Å². The molecule has 0 aliphatic carbocycles. The third-order valence-corrected chi connectivity index (χ3v) is 5.48. The van der Waals surface area contributed by atoms with Crippen LogP contribution in [0.1, 0.15) is 19.4 Å². The Morgan fingerprint density at radius 3 is 2.24 bits per heavy atom. The molecule has 0 saturated heterocycles. The minimum atomic E-state index is -3.03. The van der Waals surface area contributed by atoms with E-state index < -0.39 is 14.6 Å². The van der Waals surface area contributed by atoms with Crippen molar-refractivity contribution >= 4 is 25.8 Å². The largest absolute Gasteiger partial charge is 0.311 e. The highest BCUT2D eigenvalue weighted by Crippen LogP contribution is 2.14. The van der Waals surface area contributed by atoms with Crippen molar-refractivity contribution in [1.29, 1.82) is 0 Å². The lowest BCUT2D eigenvalue weighted by Gasteiger charge is -2.22. The van der Waals surface area contributed by atoms with Crippen LogP contribution in [0.25, 0.3) is 0 Å². The Labute approximate surface area is 112 Å². The van der Waals surface area contributed by atoms with Gasteiger partial charge in [-0.25, -0.2) is 8.42 Å². The summed E-state index contributed by atoms with van der Waals surface area (Å²) >= 11 is 3.37. The topological polar surface area (TPSA) is 46.2 Å². The zero-order valence-corrected chi connectivity index (χ0v) is 12.7. The first kappa shape index (κ1) is 14.7. The molecule has 1 aromatic rings. The Hall–Kier alpha value is -0.390. The molecule has 1 N–H and O–H groups in total. The number of rotatable bonds is 5. The van der Waals surface area contributed by atoms with Gasteiger partial charge in [0.15, 0.2) is 9.84 Å². The van der Waals surface area contributed by atoms with E-state index in [0.717, 1.165) is 10.0 Å². The highest BCUT2D eigenvalue weighted by atomic mass is 79.9. The number of nitrogens with one attached hydrogen (secondary N) is 1. The van der Waals surface area contributed by atoms with Gasteiger partial charge in [0.2, 0.25) is 0 Å². The number of sulfone groups is 1. The van der Waals surface area contributed by atoms with Crippen molar-refractivity contribution in [2.24, 2.45) is 0 Å². The van der Waals surface area contributed by atoms with Crippen LogP contribution in [0.15, 0.2) is 28.7 Å². The number of hydrogen-bond donors (Lipinski definition) is 1. The fourth-order valence-electron chi connectivity index (χ4n) is 1.24. The van der Waals surface area contributed by atoms with Crippen LogP contribution in [0.3, 0.4) is 0 Å². The Morgan fingerprint density at radius 1 is 1.24 bits per heavy atom. The van der Waals surface area contributed by atoms with Crippen molar-refractivity contribution in [1.82, 2.24) is 5.32 Å². The fraction of sp³-hybridized carbons (Fsp3) is 0.500. The molecule has 0 heterocycles. The molecule has 17 heavy (non-hydrogen) atoms. The van der Waals surface area contributed by atoms with Crippen molar-refractivity contribution in [3.05, 3.63) is 34.3 Å². The minimum absolute atomic E-state index is 0.446. The van der Waals surface area contributed by atoms with Gasteiger partial charge in [0.1, 0.15) is 0 Å². The molecule has 0 amide bonds. The van der Waals surface area contributed by atoms with E-state index in [1.165, 1.54) is 6.26 Å². The third kappa shape index (κ3) is 4.41. The first-order valence-electron chi connectivity index (χ1n) is 5.37. The summed E-state index contributed by atoms with van der Waals surface area (Å²) in [6, 6.07) is 7.95. The molecule has 0 radical (unpaired) electrons. The van der Waals surface area contributed by atoms with Crippen molar-refractivity contribution < 1.29 is 8.42 Å². The van der Waals surface area contributed by atoms with Crippen LogP contribution >= 0.6 is 15.9 Å². The second kappa shape index (κ2) is 5.50. The van der Waals surface area contributed by atoms with Crippen LogP contribution in [0.2, 0.25) is 0 Å². The molecule has 5 heteroatoms. The second-order valence-corrected chi connectivity index (χ2v) is 8.33. The molecule has 3 nitrogen and oxygen atoms in total. The molecule has 0 fully saturated rings. The molecule has 0 saturated carbocycles. The number of benzene rings is 1. The summed E-state index contributed by atoms with van der Waals surface area (Å²) in [7, 11) is -3.03. The van der Waals surface area contributed by atoms with E-state index >= 15 is 0 Å². The Kier molecular flexibility index (Phi) is 4.75. The lowest BCUT2D eigenvalue weighted by molar-refractivity contribution is 0.521. The lowest BCUT2D eigenvalue weighted by atomic mass is 10.2. The highest BCUT2D eigenvalue weighted by Gasteiger charge is 2.29. The van der Waals surface area contributed by atoms with Gasteiger partial charge in [0.05, 0.1) is 4.75 Å². The summed E-state index contributed by atoms with van der Waals surface area (Å²) in [6.45, 7) is 4.59. The van der Waals surface area contributed by atoms with Gasteiger partial charge in [0, 0.05) is 23.8 Å². The standard InChI is InChI=1S/C12H18BrNO2S/c1-12(2,17(3,15)16)9-14-8-10-4-6-11(13)7-5-10/h4-7,14H,8-9H2,1-3H3. The van der Waals surface area contributed by atoms with E-state index in [0.29, 0.717) is 13.1 Å². The molecule has 0 aromatic heterocycles. The van der Waals surface area contributed by atoms with Gasteiger partial charge in [-0.2, -0.15) is 0 Å². The maximum Gasteiger partial charge on any atom is 0.153 e. The molecular formula is C12H18BrNO2S. The Bertz CT molecular complexity index is 466. The first-order chi connectivity index (χ1) is 7.72. The minimum Gasteiger partial charge on any atom is -0.311 e. The summed E-state index contributed by atoms with van der Waals surface area (Å²) in [5.74, 6) is 0. The van der Waals surface area contributed by atoms with Crippen molar-refractivity contribution in [3.8, 4) is 0 Å². The molecule has 0 spiro atoms.